The van der Waals surface area contributed by atoms with E-state index >= 15 is 0 Å². The SMILES string of the molecule is CSc1nc2nc3ccccc3nc2c(=O)[nH]1. The fraction of sp³-hybridized carbons (Fsp3) is 0.0909. The van der Waals surface area contributed by atoms with Crippen molar-refractivity contribution in [1.29, 1.82) is 0 Å². The van der Waals surface area contributed by atoms with Crippen molar-refractivity contribution >= 4 is 34.0 Å². The summed E-state index contributed by atoms with van der Waals surface area (Å²) < 4.78 is 0. The van der Waals surface area contributed by atoms with Crippen LogP contribution in [0, 0.1) is 0 Å². The fourth-order valence-electron chi connectivity index (χ4n) is 1.60. The maximum Gasteiger partial charge on any atom is 0.279 e. The van der Waals surface area contributed by atoms with Crippen molar-refractivity contribution in [1.82, 2.24) is 19.9 Å². The lowest BCUT2D eigenvalue weighted by atomic mass is 10.3. The molecule has 0 amide bonds. The van der Waals surface area contributed by atoms with Gasteiger partial charge in [-0.1, -0.05) is 23.9 Å². The van der Waals surface area contributed by atoms with Crippen molar-refractivity contribution in [2.75, 3.05) is 6.26 Å². The highest BCUT2D eigenvalue weighted by atomic mass is 32.2. The maximum atomic E-state index is 11.8. The van der Waals surface area contributed by atoms with Gasteiger partial charge >= 0.3 is 0 Å². The van der Waals surface area contributed by atoms with Crippen molar-refractivity contribution in [3.63, 3.8) is 0 Å². The van der Waals surface area contributed by atoms with E-state index < -0.39 is 0 Å². The molecular weight excluding hydrogens is 236 g/mol. The van der Waals surface area contributed by atoms with E-state index in [1.165, 1.54) is 11.8 Å². The van der Waals surface area contributed by atoms with Crippen molar-refractivity contribution < 1.29 is 0 Å². The van der Waals surface area contributed by atoms with E-state index in [0.717, 1.165) is 5.52 Å². The van der Waals surface area contributed by atoms with Crippen LogP contribution in [0.4, 0.5) is 0 Å². The lowest BCUT2D eigenvalue weighted by molar-refractivity contribution is 0.960. The molecule has 0 spiro atoms. The Balaban J connectivity index is 2.47. The van der Waals surface area contributed by atoms with Gasteiger partial charge in [-0.15, -0.1) is 0 Å². The van der Waals surface area contributed by atoms with Gasteiger partial charge in [0.2, 0.25) is 0 Å². The first-order valence-corrected chi connectivity index (χ1v) is 6.21. The number of para-hydroxylation sites is 2. The van der Waals surface area contributed by atoms with Gasteiger partial charge in [-0.25, -0.2) is 15.0 Å². The second-order valence-electron chi connectivity index (χ2n) is 3.46. The molecule has 0 saturated carbocycles. The summed E-state index contributed by atoms with van der Waals surface area (Å²) >= 11 is 1.37. The number of aromatic amines is 1. The highest BCUT2D eigenvalue weighted by molar-refractivity contribution is 7.98. The van der Waals surface area contributed by atoms with Crippen molar-refractivity contribution in [3.05, 3.63) is 34.6 Å². The highest BCUT2D eigenvalue weighted by Gasteiger charge is 2.07. The number of hydrogen-bond donors (Lipinski definition) is 1. The Morgan fingerprint density at radius 3 is 2.53 bits per heavy atom. The number of thioether (sulfide) groups is 1. The van der Waals surface area contributed by atoms with Gasteiger partial charge in [0, 0.05) is 0 Å². The molecule has 0 atom stereocenters. The zero-order chi connectivity index (χ0) is 11.8. The predicted molar refractivity (Wildman–Crippen MR) is 67.2 cm³/mol. The van der Waals surface area contributed by atoms with Gasteiger partial charge in [-0.3, -0.25) is 9.78 Å². The number of nitrogens with zero attached hydrogens (tertiary/aromatic N) is 3. The van der Waals surface area contributed by atoms with Crippen LogP contribution in [0.15, 0.2) is 34.2 Å². The molecule has 3 aromatic rings. The zero-order valence-corrected chi connectivity index (χ0v) is 9.78. The molecule has 0 bridgehead atoms. The van der Waals surface area contributed by atoms with Crippen LogP contribution in [0.2, 0.25) is 0 Å². The van der Waals surface area contributed by atoms with Gasteiger partial charge in [-0.05, 0) is 18.4 Å². The molecule has 0 unspecified atom stereocenters. The monoisotopic (exact) mass is 244 g/mol. The first kappa shape index (κ1) is 10.2. The number of benzene rings is 1. The van der Waals surface area contributed by atoms with Gasteiger partial charge in [-0.2, -0.15) is 0 Å². The Bertz CT molecular complexity index is 768. The summed E-state index contributed by atoms with van der Waals surface area (Å²) in [6.07, 6.45) is 1.85. The summed E-state index contributed by atoms with van der Waals surface area (Å²) in [5.41, 5.74) is 1.85. The molecule has 3 rings (SSSR count). The molecule has 0 aliphatic rings. The number of aromatic nitrogens is 4. The van der Waals surface area contributed by atoms with Gasteiger partial charge in [0.1, 0.15) is 0 Å². The summed E-state index contributed by atoms with van der Waals surface area (Å²) in [6, 6.07) is 7.42. The normalized spacial score (nSPS) is 11.1. The van der Waals surface area contributed by atoms with E-state index in [-0.39, 0.29) is 11.1 Å². The van der Waals surface area contributed by atoms with E-state index in [4.69, 9.17) is 0 Å². The minimum absolute atomic E-state index is 0.252. The highest BCUT2D eigenvalue weighted by Crippen LogP contribution is 2.13. The fourth-order valence-corrected chi connectivity index (χ4v) is 1.97. The molecule has 2 heterocycles. The predicted octanol–water partition coefficient (Wildman–Crippen LogP) is 1.59. The molecule has 0 aliphatic carbocycles. The molecule has 0 saturated heterocycles. The van der Waals surface area contributed by atoms with Crippen molar-refractivity contribution in [3.8, 4) is 0 Å². The second kappa shape index (κ2) is 3.81. The minimum atomic E-state index is -0.252. The van der Waals surface area contributed by atoms with Crippen molar-refractivity contribution in [2.45, 2.75) is 5.16 Å². The largest absolute Gasteiger partial charge is 0.299 e. The summed E-state index contributed by atoms with van der Waals surface area (Å²) in [7, 11) is 0. The van der Waals surface area contributed by atoms with E-state index in [1.807, 2.05) is 30.5 Å². The summed E-state index contributed by atoms with van der Waals surface area (Å²) in [4.78, 5) is 27.3. The quantitative estimate of drug-likeness (QED) is 0.400. The van der Waals surface area contributed by atoms with Crippen LogP contribution in [0.5, 0.6) is 0 Å². The molecule has 1 N–H and O–H groups in total. The minimum Gasteiger partial charge on any atom is -0.299 e. The Kier molecular flexibility index (Phi) is 2.29. The number of hydrogen-bond acceptors (Lipinski definition) is 5. The Hall–Kier alpha value is -1.95. The van der Waals surface area contributed by atoms with Crippen LogP contribution in [0.1, 0.15) is 0 Å². The summed E-state index contributed by atoms with van der Waals surface area (Å²) in [5, 5.41) is 0.548. The summed E-state index contributed by atoms with van der Waals surface area (Å²) in [6.45, 7) is 0. The Labute approximate surface area is 100 Å². The third-order valence-electron chi connectivity index (χ3n) is 2.39. The molecule has 2 aromatic heterocycles. The number of rotatable bonds is 1. The molecule has 0 fully saturated rings. The van der Waals surface area contributed by atoms with Crippen LogP contribution in [0.3, 0.4) is 0 Å². The molecule has 17 heavy (non-hydrogen) atoms. The smallest absolute Gasteiger partial charge is 0.279 e. The first-order valence-electron chi connectivity index (χ1n) is 4.99. The van der Waals surface area contributed by atoms with E-state index in [9.17, 15) is 4.79 Å². The molecule has 5 nitrogen and oxygen atoms in total. The number of H-pyrrole nitrogens is 1. The molecule has 0 aliphatic heterocycles. The van der Waals surface area contributed by atoms with E-state index in [0.29, 0.717) is 16.3 Å². The number of fused-ring (bicyclic) bond motifs is 2. The molecule has 6 heteroatoms. The third-order valence-corrected chi connectivity index (χ3v) is 2.97. The average Bonchev–Trinajstić information content (AvgIpc) is 2.36. The Morgan fingerprint density at radius 2 is 1.82 bits per heavy atom. The molecule has 1 aromatic carbocycles. The lowest BCUT2D eigenvalue weighted by Gasteiger charge is -2.00. The lowest BCUT2D eigenvalue weighted by Crippen LogP contribution is -2.11. The number of nitrogens with one attached hydrogen (secondary N) is 1. The first-order chi connectivity index (χ1) is 8.28. The van der Waals surface area contributed by atoms with Crippen LogP contribution >= 0.6 is 11.8 Å². The molecular formula is C11H8N4OS. The van der Waals surface area contributed by atoms with Gasteiger partial charge in [0.25, 0.3) is 5.56 Å². The van der Waals surface area contributed by atoms with Gasteiger partial charge in [0.15, 0.2) is 16.3 Å². The molecule has 84 valence electrons. The second-order valence-corrected chi connectivity index (χ2v) is 4.25. The van der Waals surface area contributed by atoms with E-state index in [1.54, 1.807) is 0 Å². The standard InChI is InChI=1S/C11H8N4OS/c1-17-11-14-9-8(10(16)15-11)12-6-4-2-3-5-7(6)13-9/h2-5H,1H3,(H,13,14,15,16). The Morgan fingerprint density at radius 1 is 1.12 bits per heavy atom. The van der Waals surface area contributed by atoms with E-state index in [2.05, 4.69) is 19.9 Å². The third kappa shape index (κ3) is 1.66. The maximum absolute atomic E-state index is 11.8. The van der Waals surface area contributed by atoms with Crippen LogP contribution in [0.25, 0.3) is 22.2 Å². The average molecular weight is 244 g/mol. The van der Waals surface area contributed by atoms with Crippen molar-refractivity contribution in [2.24, 2.45) is 0 Å². The van der Waals surface area contributed by atoms with Crippen LogP contribution in [-0.4, -0.2) is 26.2 Å². The van der Waals surface area contributed by atoms with Crippen LogP contribution < -0.4 is 5.56 Å². The van der Waals surface area contributed by atoms with Gasteiger partial charge < -0.3 is 0 Å². The zero-order valence-electron chi connectivity index (χ0n) is 8.97. The summed E-state index contributed by atoms with van der Waals surface area (Å²) in [5.74, 6) is 0. The van der Waals surface area contributed by atoms with Crippen LogP contribution in [-0.2, 0) is 0 Å². The topological polar surface area (TPSA) is 71.5 Å². The molecule has 0 radical (unpaired) electrons. The van der Waals surface area contributed by atoms with Gasteiger partial charge in [0.05, 0.1) is 11.0 Å².